The van der Waals surface area contributed by atoms with Gasteiger partial charge in [-0.2, -0.15) is 4.57 Å². The maximum atomic E-state index is 13.0. The van der Waals surface area contributed by atoms with Crippen LogP contribution in [0.15, 0.2) is 29.4 Å². The second kappa shape index (κ2) is 6.59. The maximum Gasteiger partial charge on any atom is 0.407 e. The molecule has 150 valence electrons. The number of amidine groups is 1. The Bertz CT molecular complexity index is 1110. The van der Waals surface area contributed by atoms with Gasteiger partial charge in [0.25, 0.3) is 5.91 Å². The van der Waals surface area contributed by atoms with Gasteiger partial charge in [-0.3, -0.25) is 19.4 Å². The SMILES string of the molecule is COc1ccc(Cl)cc1-n1c(C)c[n+]2c1N=C1C2C(=O)N(CC(N)=O)C(=O)N1C. The molecule has 2 aromatic rings. The van der Waals surface area contributed by atoms with Crippen LogP contribution in [0.5, 0.6) is 5.75 Å². The van der Waals surface area contributed by atoms with Gasteiger partial charge >= 0.3 is 12.0 Å². The van der Waals surface area contributed by atoms with E-state index < -0.39 is 30.4 Å². The number of hydrogen-bond acceptors (Lipinski definition) is 5. The standard InChI is InChI=1S/C18H17ClN6O4/c1-9-7-23-14-15(22(2)18(28)24(16(14)27)8-13(20)26)21-17(23)25(9)11-6-10(19)4-5-12(11)29-3/h4-7,14H,8H2,1-3H3,(H-,20,26)/p+1. The molecule has 29 heavy (non-hydrogen) atoms. The quantitative estimate of drug-likeness (QED) is 0.737. The number of likely N-dealkylation sites (N-methyl/N-ethyl adjacent to an activating group) is 1. The number of urea groups is 1. The zero-order valence-electron chi connectivity index (χ0n) is 15.9. The average Bonchev–Trinajstić information content (AvgIpc) is 3.17. The van der Waals surface area contributed by atoms with Crippen LogP contribution >= 0.6 is 11.6 Å². The molecule has 3 heterocycles. The van der Waals surface area contributed by atoms with Crippen LogP contribution in [-0.2, 0) is 9.59 Å². The van der Waals surface area contributed by atoms with Crippen LogP contribution in [0.2, 0.25) is 5.02 Å². The number of aliphatic imine (C=N–C) groups is 1. The fourth-order valence-electron chi connectivity index (χ4n) is 3.62. The molecule has 4 rings (SSSR count). The Morgan fingerprint density at radius 2 is 2.10 bits per heavy atom. The van der Waals surface area contributed by atoms with Crippen molar-refractivity contribution in [2.75, 3.05) is 20.7 Å². The van der Waals surface area contributed by atoms with Gasteiger partial charge in [0, 0.05) is 18.1 Å². The van der Waals surface area contributed by atoms with Crippen molar-refractivity contribution >= 4 is 41.2 Å². The molecule has 2 aliphatic heterocycles. The molecular formula is C18H18ClN6O4+. The van der Waals surface area contributed by atoms with Gasteiger partial charge < -0.3 is 10.5 Å². The van der Waals surface area contributed by atoms with Crippen molar-refractivity contribution in [2.45, 2.75) is 13.0 Å². The van der Waals surface area contributed by atoms with Crippen LogP contribution in [0, 0.1) is 6.92 Å². The number of rotatable bonds is 4. The van der Waals surface area contributed by atoms with Gasteiger partial charge in [0.1, 0.15) is 18.4 Å². The number of halogens is 1. The molecule has 1 aromatic carbocycles. The van der Waals surface area contributed by atoms with Crippen molar-refractivity contribution in [3.63, 3.8) is 0 Å². The van der Waals surface area contributed by atoms with E-state index in [-0.39, 0.29) is 5.84 Å². The van der Waals surface area contributed by atoms with E-state index in [4.69, 9.17) is 22.1 Å². The van der Waals surface area contributed by atoms with E-state index in [0.29, 0.717) is 22.4 Å². The van der Waals surface area contributed by atoms with Crippen molar-refractivity contribution in [1.29, 1.82) is 0 Å². The predicted octanol–water partition coefficient (Wildman–Crippen LogP) is 0.699. The van der Waals surface area contributed by atoms with Crippen molar-refractivity contribution in [2.24, 2.45) is 10.7 Å². The summed E-state index contributed by atoms with van der Waals surface area (Å²) in [6, 6.07) is 3.64. The summed E-state index contributed by atoms with van der Waals surface area (Å²) >= 11 is 6.18. The fourth-order valence-corrected chi connectivity index (χ4v) is 3.79. The molecule has 4 amide bonds. The molecule has 1 atom stereocenters. The smallest absolute Gasteiger partial charge is 0.407 e. The number of aryl methyl sites for hydroxylation is 1. The number of nitrogens with zero attached hydrogens (tertiary/aromatic N) is 5. The average molecular weight is 418 g/mol. The van der Waals surface area contributed by atoms with Crippen molar-refractivity contribution in [1.82, 2.24) is 14.4 Å². The summed E-state index contributed by atoms with van der Waals surface area (Å²) in [6.45, 7) is 1.35. The van der Waals surface area contributed by atoms with Gasteiger partial charge in [-0.1, -0.05) is 16.6 Å². The Morgan fingerprint density at radius 3 is 2.76 bits per heavy atom. The minimum absolute atomic E-state index is 0.269. The van der Waals surface area contributed by atoms with Crippen LogP contribution in [0.25, 0.3) is 5.69 Å². The summed E-state index contributed by atoms with van der Waals surface area (Å²) < 4.78 is 8.90. The highest BCUT2D eigenvalue weighted by atomic mass is 35.5. The van der Waals surface area contributed by atoms with E-state index in [1.54, 1.807) is 40.6 Å². The number of imide groups is 1. The topological polar surface area (TPSA) is 114 Å². The third-order valence-electron chi connectivity index (χ3n) is 4.90. The number of hydrogen-bond donors (Lipinski definition) is 1. The summed E-state index contributed by atoms with van der Waals surface area (Å²) in [4.78, 5) is 43.5. The molecule has 0 saturated carbocycles. The second-order valence-corrected chi connectivity index (χ2v) is 7.17. The molecule has 2 N–H and O–H groups in total. The highest BCUT2D eigenvalue weighted by Gasteiger charge is 2.53. The molecule has 0 bridgehead atoms. The number of nitrogens with two attached hydrogens (primary N) is 1. The number of amides is 4. The minimum atomic E-state index is -0.878. The van der Waals surface area contributed by atoms with Crippen LogP contribution in [0.1, 0.15) is 11.7 Å². The van der Waals surface area contributed by atoms with Crippen molar-refractivity contribution in [3.05, 3.63) is 35.1 Å². The van der Waals surface area contributed by atoms with Gasteiger partial charge in [0.05, 0.1) is 7.11 Å². The first-order valence-corrected chi connectivity index (χ1v) is 9.05. The lowest BCUT2D eigenvalue weighted by atomic mass is 10.1. The highest BCUT2D eigenvalue weighted by Crippen LogP contribution is 2.35. The third kappa shape index (κ3) is 2.75. The number of benzene rings is 1. The number of carbonyl (C=O) groups excluding carboxylic acids is 3. The number of carbonyl (C=O) groups is 3. The summed E-state index contributed by atoms with van der Waals surface area (Å²) in [5, 5.41) is 0.506. The number of ether oxygens (including phenoxy) is 1. The number of imidazole rings is 1. The Kier molecular flexibility index (Phi) is 4.30. The lowest BCUT2D eigenvalue weighted by Gasteiger charge is -2.32. The van der Waals surface area contributed by atoms with E-state index in [2.05, 4.69) is 4.99 Å². The zero-order valence-corrected chi connectivity index (χ0v) is 16.7. The van der Waals surface area contributed by atoms with Gasteiger partial charge in [-0.15, -0.1) is 0 Å². The lowest BCUT2D eigenvalue weighted by Crippen LogP contribution is -2.63. The summed E-state index contributed by atoms with van der Waals surface area (Å²) in [5.41, 5.74) is 6.62. The predicted molar refractivity (Wildman–Crippen MR) is 102 cm³/mol. The van der Waals surface area contributed by atoms with Crippen molar-refractivity contribution < 1.29 is 23.7 Å². The summed E-state index contributed by atoms with van der Waals surface area (Å²) in [7, 11) is 3.04. The molecular weight excluding hydrogens is 400 g/mol. The lowest BCUT2D eigenvalue weighted by molar-refractivity contribution is -0.676. The molecule has 1 aromatic heterocycles. The van der Waals surface area contributed by atoms with E-state index in [1.807, 2.05) is 6.92 Å². The van der Waals surface area contributed by atoms with E-state index in [0.717, 1.165) is 10.6 Å². The zero-order chi connectivity index (χ0) is 21.0. The first-order chi connectivity index (χ1) is 13.7. The Labute approximate surface area is 170 Å². The largest absolute Gasteiger partial charge is 0.493 e. The number of aromatic nitrogens is 2. The summed E-state index contributed by atoms with van der Waals surface area (Å²) in [6.07, 6.45) is 1.75. The molecule has 2 aliphatic rings. The molecule has 0 aliphatic carbocycles. The van der Waals surface area contributed by atoms with E-state index in [9.17, 15) is 14.4 Å². The van der Waals surface area contributed by atoms with Gasteiger partial charge in [0.2, 0.25) is 17.8 Å². The molecule has 0 radical (unpaired) electrons. The fraction of sp³-hybridized carbons (Fsp3) is 0.278. The molecule has 1 saturated heterocycles. The van der Waals surface area contributed by atoms with Crippen LogP contribution in [0.4, 0.5) is 10.7 Å². The Morgan fingerprint density at radius 1 is 1.38 bits per heavy atom. The van der Waals surface area contributed by atoms with Gasteiger partial charge in [-0.05, 0) is 19.1 Å². The van der Waals surface area contributed by atoms with Crippen LogP contribution < -0.4 is 15.0 Å². The minimum Gasteiger partial charge on any atom is -0.493 e. The highest BCUT2D eigenvalue weighted by molar-refractivity contribution is 6.30. The Hall–Kier alpha value is -3.40. The molecule has 0 spiro atoms. The first-order valence-electron chi connectivity index (χ1n) is 8.68. The molecule has 10 nitrogen and oxygen atoms in total. The van der Waals surface area contributed by atoms with Crippen LogP contribution in [-0.4, -0.2) is 58.8 Å². The maximum absolute atomic E-state index is 13.0. The normalized spacial score (nSPS) is 17.9. The van der Waals surface area contributed by atoms with E-state index >= 15 is 0 Å². The summed E-state index contributed by atoms with van der Waals surface area (Å²) in [5.74, 6) is -0.0779. The van der Waals surface area contributed by atoms with Crippen LogP contribution in [0.3, 0.4) is 0 Å². The third-order valence-corrected chi connectivity index (χ3v) is 5.14. The number of fused-ring (bicyclic) bond motifs is 3. The molecule has 1 fully saturated rings. The van der Waals surface area contributed by atoms with Gasteiger partial charge in [0.15, 0.2) is 11.4 Å². The molecule has 11 heteroatoms. The van der Waals surface area contributed by atoms with E-state index in [1.165, 1.54) is 11.9 Å². The number of methoxy groups -OCH3 is 1. The first kappa shape index (κ1) is 18.9. The van der Waals surface area contributed by atoms with Gasteiger partial charge in [-0.25, -0.2) is 9.36 Å². The monoisotopic (exact) mass is 417 g/mol. The second-order valence-electron chi connectivity index (χ2n) is 6.73. The van der Waals surface area contributed by atoms with Crippen molar-refractivity contribution in [3.8, 4) is 11.4 Å². The molecule has 1 unspecified atom stereocenters. The number of primary amides is 1. The Balaban J connectivity index is 1.88.